The van der Waals surface area contributed by atoms with Gasteiger partial charge in [-0.25, -0.2) is 0 Å². The molecule has 0 heterocycles. The molecular weight excluding hydrogens is 279 g/mol. The molecule has 0 saturated heterocycles. The molecule has 0 amide bonds. The lowest BCUT2D eigenvalue weighted by atomic mass is 10.1. The van der Waals surface area contributed by atoms with Crippen molar-refractivity contribution in [2.45, 2.75) is 25.6 Å². The van der Waals surface area contributed by atoms with E-state index in [0.717, 1.165) is 22.1 Å². The summed E-state index contributed by atoms with van der Waals surface area (Å²) in [5, 5.41) is 5.20. The second-order valence-electron chi connectivity index (χ2n) is 4.94. The number of hydrogen-bond donors (Lipinski definition) is 1. The van der Waals surface area contributed by atoms with Gasteiger partial charge in [0.05, 0.1) is 7.11 Å². The van der Waals surface area contributed by atoms with E-state index in [1.165, 1.54) is 0 Å². The Bertz CT molecular complexity index is 596. The third kappa shape index (κ3) is 4.93. The Labute approximate surface area is 121 Å². The molecule has 0 saturated carbocycles. The van der Waals surface area contributed by atoms with E-state index in [2.05, 4.69) is 5.32 Å². The first kappa shape index (κ1) is 15.6. The lowest BCUT2D eigenvalue weighted by Gasteiger charge is -2.08. The molecule has 1 N–H and O–H groups in total. The zero-order valence-corrected chi connectivity index (χ0v) is 11.8. The highest BCUT2D eigenvalue weighted by molar-refractivity contribution is 5.84. The fourth-order valence-corrected chi connectivity index (χ4v) is 2.16. The van der Waals surface area contributed by atoms with Crippen LogP contribution < -0.4 is 10.1 Å². The van der Waals surface area contributed by atoms with Crippen LogP contribution in [0.2, 0.25) is 0 Å². The van der Waals surface area contributed by atoms with E-state index < -0.39 is 12.6 Å². The highest BCUT2D eigenvalue weighted by Gasteiger charge is 2.25. The summed E-state index contributed by atoms with van der Waals surface area (Å²) in [5.41, 5.74) is 1.06. The minimum absolute atomic E-state index is 0.105. The average Bonchev–Trinajstić information content (AvgIpc) is 2.45. The number of benzene rings is 2. The molecule has 0 bridgehead atoms. The predicted molar refractivity (Wildman–Crippen MR) is 77.5 cm³/mol. The molecule has 0 unspecified atom stereocenters. The molecule has 2 rings (SSSR count). The van der Waals surface area contributed by atoms with Crippen molar-refractivity contribution in [3.63, 3.8) is 0 Å². The SMILES string of the molecule is COc1ccc2cc(CNCCCC(F)(F)F)ccc2c1. The fraction of sp³-hybridized carbons (Fsp3) is 0.375. The number of nitrogens with one attached hydrogen (secondary N) is 1. The maximum Gasteiger partial charge on any atom is 0.389 e. The van der Waals surface area contributed by atoms with E-state index in [-0.39, 0.29) is 6.42 Å². The first-order valence-corrected chi connectivity index (χ1v) is 6.82. The Kier molecular flexibility index (Phi) is 5.07. The molecule has 0 radical (unpaired) electrons. The van der Waals surface area contributed by atoms with Crippen molar-refractivity contribution in [2.75, 3.05) is 13.7 Å². The van der Waals surface area contributed by atoms with Crippen LogP contribution in [-0.4, -0.2) is 19.8 Å². The van der Waals surface area contributed by atoms with Crippen LogP contribution in [0.1, 0.15) is 18.4 Å². The number of rotatable bonds is 6. The summed E-state index contributed by atoms with van der Waals surface area (Å²) in [6, 6.07) is 11.8. The first-order valence-electron chi connectivity index (χ1n) is 6.82. The minimum Gasteiger partial charge on any atom is -0.497 e. The molecule has 5 heteroatoms. The summed E-state index contributed by atoms with van der Waals surface area (Å²) in [6.45, 7) is 0.931. The zero-order valence-electron chi connectivity index (χ0n) is 11.8. The van der Waals surface area contributed by atoms with Gasteiger partial charge in [0.2, 0.25) is 0 Å². The van der Waals surface area contributed by atoms with E-state index in [4.69, 9.17) is 4.74 Å². The van der Waals surface area contributed by atoms with Crippen molar-refractivity contribution in [3.05, 3.63) is 42.0 Å². The standard InChI is InChI=1S/C16H18F3NO/c1-21-15-6-5-13-9-12(3-4-14(13)10-15)11-20-8-2-7-16(17,18)19/h3-6,9-10,20H,2,7-8,11H2,1H3. The Morgan fingerprint density at radius 3 is 2.48 bits per heavy atom. The molecular formula is C16H18F3NO. The van der Waals surface area contributed by atoms with Crippen LogP contribution in [0, 0.1) is 0 Å². The summed E-state index contributed by atoms with van der Waals surface area (Å²) in [5.74, 6) is 0.806. The van der Waals surface area contributed by atoms with Crippen molar-refractivity contribution in [1.29, 1.82) is 0 Å². The van der Waals surface area contributed by atoms with Crippen LogP contribution >= 0.6 is 0 Å². The van der Waals surface area contributed by atoms with Crippen LogP contribution in [-0.2, 0) is 6.54 Å². The molecule has 2 nitrogen and oxygen atoms in total. The zero-order chi connectivity index (χ0) is 15.3. The van der Waals surface area contributed by atoms with Crippen LogP contribution in [0.25, 0.3) is 10.8 Å². The van der Waals surface area contributed by atoms with Gasteiger partial charge in [0.1, 0.15) is 5.75 Å². The number of alkyl halides is 3. The predicted octanol–water partition coefficient (Wildman–Crippen LogP) is 4.28. The number of hydrogen-bond acceptors (Lipinski definition) is 2. The van der Waals surface area contributed by atoms with Crippen LogP contribution in [0.3, 0.4) is 0 Å². The van der Waals surface area contributed by atoms with Crippen molar-refractivity contribution in [2.24, 2.45) is 0 Å². The average molecular weight is 297 g/mol. The Balaban J connectivity index is 1.88. The van der Waals surface area contributed by atoms with Crippen molar-refractivity contribution in [3.8, 4) is 5.75 Å². The molecule has 114 valence electrons. The van der Waals surface area contributed by atoms with Gasteiger partial charge in [-0.15, -0.1) is 0 Å². The van der Waals surface area contributed by atoms with Gasteiger partial charge in [0.25, 0.3) is 0 Å². The van der Waals surface area contributed by atoms with Gasteiger partial charge in [-0.1, -0.05) is 18.2 Å². The number of methoxy groups -OCH3 is 1. The van der Waals surface area contributed by atoms with Crippen LogP contribution in [0.5, 0.6) is 5.75 Å². The minimum atomic E-state index is -4.07. The molecule has 2 aromatic carbocycles. The summed E-state index contributed by atoms with van der Waals surface area (Å²) < 4.78 is 41.2. The van der Waals surface area contributed by atoms with E-state index in [1.54, 1.807) is 7.11 Å². The molecule has 0 aliphatic carbocycles. The molecule has 2 aromatic rings. The summed E-state index contributed by atoms with van der Waals surface area (Å²) in [6.07, 6.45) is -4.70. The molecule has 0 spiro atoms. The first-order chi connectivity index (χ1) is 9.98. The number of ether oxygens (including phenoxy) is 1. The Hall–Kier alpha value is -1.75. The van der Waals surface area contributed by atoms with E-state index in [0.29, 0.717) is 13.1 Å². The lowest BCUT2D eigenvalue weighted by molar-refractivity contribution is -0.135. The normalized spacial score (nSPS) is 11.8. The van der Waals surface area contributed by atoms with E-state index >= 15 is 0 Å². The smallest absolute Gasteiger partial charge is 0.389 e. The fourth-order valence-electron chi connectivity index (χ4n) is 2.16. The molecule has 21 heavy (non-hydrogen) atoms. The molecule has 0 atom stereocenters. The van der Waals surface area contributed by atoms with Gasteiger partial charge < -0.3 is 10.1 Å². The highest BCUT2D eigenvalue weighted by atomic mass is 19.4. The Morgan fingerprint density at radius 1 is 1.05 bits per heavy atom. The second-order valence-corrected chi connectivity index (χ2v) is 4.94. The monoisotopic (exact) mass is 297 g/mol. The van der Waals surface area contributed by atoms with Gasteiger partial charge >= 0.3 is 6.18 Å². The third-order valence-corrected chi connectivity index (χ3v) is 3.25. The van der Waals surface area contributed by atoms with Crippen LogP contribution in [0.15, 0.2) is 36.4 Å². The quantitative estimate of drug-likeness (QED) is 0.804. The summed E-state index contributed by atoms with van der Waals surface area (Å²) >= 11 is 0. The molecule has 0 fully saturated rings. The van der Waals surface area contributed by atoms with Crippen molar-refractivity contribution in [1.82, 2.24) is 5.32 Å². The topological polar surface area (TPSA) is 21.3 Å². The maximum atomic E-state index is 12.0. The second kappa shape index (κ2) is 6.80. The molecule has 0 aromatic heterocycles. The summed E-state index contributed by atoms with van der Waals surface area (Å²) in [7, 11) is 1.63. The molecule has 0 aliphatic rings. The Morgan fingerprint density at radius 2 is 1.76 bits per heavy atom. The van der Waals surface area contributed by atoms with E-state index in [9.17, 15) is 13.2 Å². The van der Waals surface area contributed by atoms with Gasteiger partial charge in [0.15, 0.2) is 0 Å². The highest BCUT2D eigenvalue weighted by Crippen LogP contribution is 2.22. The molecule has 0 aliphatic heterocycles. The summed E-state index contributed by atoms with van der Waals surface area (Å²) in [4.78, 5) is 0. The van der Waals surface area contributed by atoms with E-state index in [1.807, 2.05) is 36.4 Å². The van der Waals surface area contributed by atoms with Gasteiger partial charge in [-0.05, 0) is 47.5 Å². The van der Waals surface area contributed by atoms with Crippen LogP contribution in [0.4, 0.5) is 13.2 Å². The third-order valence-electron chi connectivity index (χ3n) is 3.25. The van der Waals surface area contributed by atoms with Crippen molar-refractivity contribution >= 4 is 10.8 Å². The van der Waals surface area contributed by atoms with Gasteiger partial charge in [-0.3, -0.25) is 0 Å². The largest absolute Gasteiger partial charge is 0.497 e. The van der Waals surface area contributed by atoms with Crippen molar-refractivity contribution < 1.29 is 17.9 Å². The number of fused-ring (bicyclic) bond motifs is 1. The van der Waals surface area contributed by atoms with Gasteiger partial charge in [-0.2, -0.15) is 13.2 Å². The maximum absolute atomic E-state index is 12.0. The van der Waals surface area contributed by atoms with Gasteiger partial charge in [0, 0.05) is 13.0 Å². The number of halogens is 3. The lowest BCUT2D eigenvalue weighted by Crippen LogP contribution is -2.17.